The van der Waals surface area contributed by atoms with Crippen LogP contribution in [0.2, 0.25) is 0 Å². The molecule has 2 aromatic carbocycles. The number of likely N-dealkylation sites (tertiary alicyclic amines) is 3. The van der Waals surface area contributed by atoms with E-state index < -0.39 is 5.67 Å². The fourth-order valence-corrected chi connectivity index (χ4v) is 6.96. The molecule has 4 heterocycles. The first kappa shape index (κ1) is 26.6. The highest BCUT2D eigenvalue weighted by molar-refractivity contribution is 5.25. The predicted molar refractivity (Wildman–Crippen MR) is 153 cm³/mol. The fourth-order valence-electron chi connectivity index (χ4n) is 6.96. The molecule has 0 amide bonds. The molecule has 0 N–H and O–H groups in total. The van der Waals surface area contributed by atoms with Crippen LogP contribution in [0.25, 0.3) is 0 Å². The number of hydrogen-bond donors (Lipinski definition) is 0. The van der Waals surface area contributed by atoms with Crippen LogP contribution in [0.3, 0.4) is 0 Å². The van der Waals surface area contributed by atoms with E-state index in [0.29, 0.717) is 19.0 Å². The van der Waals surface area contributed by atoms with Crippen molar-refractivity contribution in [2.75, 3.05) is 39.3 Å². The van der Waals surface area contributed by atoms with E-state index in [4.69, 9.17) is 5.10 Å². The van der Waals surface area contributed by atoms with Gasteiger partial charge in [0, 0.05) is 32.2 Å². The molecule has 208 valence electrons. The van der Waals surface area contributed by atoms with Gasteiger partial charge >= 0.3 is 0 Å². The van der Waals surface area contributed by atoms with E-state index in [-0.39, 0.29) is 6.04 Å². The molecule has 0 aliphatic carbocycles. The minimum Gasteiger partial charge on any atom is -0.312 e. The molecule has 3 aliphatic rings. The van der Waals surface area contributed by atoms with Gasteiger partial charge in [0.2, 0.25) is 0 Å². The van der Waals surface area contributed by atoms with Crippen molar-refractivity contribution in [2.24, 2.45) is 0 Å². The van der Waals surface area contributed by atoms with E-state index in [1.807, 2.05) is 6.33 Å². The molecule has 6 nitrogen and oxygen atoms in total. The third kappa shape index (κ3) is 6.59. The Kier molecular flexibility index (Phi) is 8.09. The topological polar surface area (TPSA) is 40.4 Å². The van der Waals surface area contributed by atoms with Crippen LogP contribution in [0.15, 0.2) is 60.9 Å². The molecule has 2 unspecified atom stereocenters. The summed E-state index contributed by atoms with van der Waals surface area (Å²) in [7, 11) is 0. The van der Waals surface area contributed by atoms with E-state index in [1.54, 1.807) is 6.92 Å². The molecular weight excluding hydrogens is 487 g/mol. The minimum absolute atomic E-state index is 0.184. The van der Waals surface area contributed by atoms with Gasteiger partial charge in [0.15, 0.2) is 5.82 Å². The number of piperidine rings is 1. The van der Waals surface area contributed by atoms with E-state index in [2.05, 4.69) is 79.0 Å². The Morgan fingerprint density at radius 1 is 0.897 bits per heavy atom. The molecule has 0 spiro atoms. The van der Waals surface area contributed by atoms with Crippen molar-refractivity contribution in [3.63, 3.8) is 0 Å². The molecule has 39 heavy (non-hydrogen) atoms. The zero-order valence-corrected chi connectivity index (χ0v) is 23.4. The normalized spacial score (nSPS) is 25.8. The van der Waals surface area contributed by atoms with Crippen LogP contribution in [0.4, 0.5) is 4.39 Å². The van der Waals surface area contributed by atoms with E-state index in [1.165, 1.54) is 49.0 Å². The third-order valence-corrected chi connectivity index (χ3v) is 9.02. The van der Waals surface area contributed by atoms with Crippen molar-refractivity contribution in [3.8, 4) is 0 Å². The largest absolute Gasteiger partial charge is 0.312 e. The fraction of sp³-hybridized carbons (Fsp3) is 0.562. The van der Waals surface area contributed by atoms with Crippen molar-refractivity contribution < 1.29 is 4.39 Å². The highest BCUT2D eigenvalue weighted by Crippen LogP contribution is 2.31. The Balaban J connectivity index is 1.19. The Labute approximate surface area is 232 Å². The average Bonchev–Trinajstić information content (AvgIpc) is 3.71. The number of alkyl halides is 1. The van der Waals surface area contributed by atoms with Gasteiger partial charge in [-0.25, -0.2) is 4.39 Å². The highest BCUT2D eigenvalue weighted by atomic mass is 19.1. The maximum Gasteiger partial charge on any atom is 0.150 e. The quantitative estimate of drug-likeness (QED) is 0.385. The van der Waals surface area contributed by atoms with Crippen molar-refractivity contribution in [2.45, 2.75) is 76.3 Å². The summed E-state index contributed by atoms with van der Waals surface area (Å²) in [5, 5.41) is 9.08. The first-order chi connectivity index (χ1) is 19.0. The van der Waals surface area contributed by atoms with Crippen LogP contribution < -0.4 is 0 Å². The Morgan fingerprint density at radius 3 is 2.41 bits per heavy atom. The van der Waals surface area contributed by atoms with Gasteiger partial charge in [-0.1, -0.05) is 54.6 Å². The van der Waals surface area contributed by atoms with Crippen molar-refractivity contribution in [1.82, 2.24) is 29.5 Å². The van der Waals surface area contributed by atoms with Crippen molar-refractivity contribution in [1.29, 1.82) is 0 Å². The lowest BCUT2D eigenvalue weighted by Crippen LogP contribution is -2.42. The van der Waals surface area contributed by atoms with E-state index >= 15 is 0 Å². The van der Waals surface area contributed by atoms with Crippen molar-refractivity contribution in [3.05, 3.63) is 83.4 Å². The SMILES string of the molecule is CC1(F)CCCN(Cc2ccc(CC(c3nncn3Cc3ccccc3)N3CC[C@H](N4CCCC4)C3)cc2)C1. The molecule has 0 saturated carbocycles. The third-order valence-electron chi connectivity index (χ3n) is 9.02. The van der Waals surface area contributed by atoms with Crippen LogP contribution in [-0.2, 0) is 19.5 Å². The molecule has 0 radical (unpaired) electrons. The molecule has 3 saturated heterocycles. The molecule has 3 fully saturated rings. The summed E-state index contributed by atoms with van der Waals surface area (Å²) in [6.45, 7) is 9.53. The standard InChI is InChI=1S/C32H43FN6/c1-32(33)15-7-16-36(24-32)21-28-12-10-26(11-13-28)20-30(38-19-14-29(23-38)37-17-5-6-18-37)31-35-34-25-39(31)22-27-8-3-2-4-9-27/h2-4,8-13,25,29-30H,5-7,14-24H2,1H3/t29-,30?,32?/m0/s1. The summed E-state index contributed by atoms with van der Waals surface area (Å²) in [5.74, 6) is 1.06. The van der Waals surface area contributed by atoms with Gasteiger partial charge in [0.1, 0.15) is 12.0 Å². The Hall–Kier alpha value is -2.61. The van der Waals surface area contributed by atoms with Crippen LogP contribution >= 0.6 is 0 Å². The number of benzene rings is 2. The number of aromatic nitrogens is 3. The smallest absolute Gasteiger partial charge is 0.150 e. The summed E-state index contributed by atoms with van der Waals surface area (Å²) in [6.07, 6.45) is 8.31. The van der Waals surface area contributed by atoms with Gasteiger partial charge in [-0.3, -0.25) is 14.7 Å². The van der Waals surface area contributed by atoms with Crippen LogP contribution in [-0.4, -0.2) is 80.4 Å². The lowest BCUT2D eigenvalue weighted by Gasteiger charge is -2.35. The van der Waals surface area contributed by atoms with Crippen LogP contribution in [0.5, 0.6) is 0 Å². The molecule has 3 aromatic rings. The summed E-state index contributed by atoms with van der Waals surface area (Å²) in [6, 6.07) is 20.4. The second kappa shape index (κ2) is 11.9. The number of halogens is 1. The van der Waals surface area contributed by atoms with Gasteiger partial charge in [-0.2, -0.15) is 0 Å². The first-order valence-electron chi connectivity index (χ1n) is 14.9. The van der Waals surface area contributed by atoms with Gasteiger partial charge < -0.3 is 4.57 Å². The lowest BCUT2D eigenvalue weighted by atomic mass is 9.96. The molecule has 6 rings (SSSR count). The van der Waals surface area contributed by atoms with Gasteiger partial charge in [-0.05, 0) is 81.8 Å². The van der Waals surface area contributed by atoms with Gasteiger partial charge in [-0.15, -0.1) is 10.2 Å². The maximum absolute atomic E-state index is 14.5. The first-order valence-corrected chi connectivity index (χ1v) is 14.9. The Morgan fingerprint density at radius 2 is 1.64 bits per heavy atom. The van der Waals surface area contributed by atoms with E-state index in [9.17, 15) is 4.39 Å². The number of nitrogens with zero attached hydrogens (tertiary/aromatic N) is 6. The Bertz CT molecular complexity index is 1190. The second-order valence-corrected chi connectivity index (χ2v) is 12.2. The lowest BCUT2D eigenvalue weighted by molar-refractivity contribution is 0.0563. The van der Waals surface area contributed by atoms with Crippen LogP contribution in [0.1, 0.15) is 67.6 Å². The number of hydrogen-bond acceptors (Lipinski definition) is 5. The summed E-state index contributed by atoms with van der Waals surface area (Å²) in [4.78, 5) is 7.61. The van der Waals surface area contributed by atoms with Gasteiger partial charge in [0.05, 0.1) is 12.6 Å². The van der Waals surface area contributed by atoms with Crippen molar-refractivity contribution >= 4 is 0 Å². The second-order valence-electron chi connectivity index (χ2n) is 12.2. The monoisotopic (exact) mass is 530 g/mol. The minimum atomic E-state index is -1.07. The summed E-state index contributed by atoms with van der Waals surface area (Å²) >= 11 is 0. The predicted octanol–water partition coefficient (Wildman–Crippen LogP) is 5.10. The summed E-state index contributed by atoms with van der Waals surface area (Å²) in [5.41, 5.74) is 2.77. The zero-order valence-electron chi connectivity index (χ0n) is 23.4. The maximum atomic E-state index is 14.5. The molecule has 7 heteroatoms. The van der Waals surface area contributed by atoms with Gasteiger partial charge in [0.25, 0.3) is 0 Å². The average molecular weight is 531 g/mol. The highest BCUT2D eigenvalue weighted by Gasteiger charge is 2.35. The molecular formula is C32H43FN6. The van der Waals surface area contributed by atoms with Crippen LogP contribution in [0, 0.1) is 0 Å². The molecule has 3 atom stereocenters. The zero-order chi connectivity index (χ0) is 26.7. The summed E-state index contributed by atoms with van der Waals surface area (Å²) < 4.78 is 16.8. The number of rotatable bonds is 9. The molecule has 1 aromatic heterocycles. The van der Waals surface area contributed by atoms with E-state index in [0.717, 1.165) is 51.4 Å². The molecule has 3 aliphatic heterocycles. The molecule has 0 bridgehead atoms.